The second-order valence-electron chi connectivity index (χ2n) is 12.3. The summed E-state index contributed by atoms with van der Waals surface area (Å²) < 4.78 is 64.8. The highest BCUT2D eigenvalue weighted by atomic mass is 35.5. The van der Waals surface area contributed by atoms with E-state index < -0.39 is 24.2 Å². The number of aryl methyl sites for hydroxylation is 3. The smallest absolute Gasteiger partial charge is 0.282 e. The summed E-state index contributed by atoms with van der Waals surface area (Å²) in [6, 6.07) is 20.2. The number of hydrogen-bond donors (Lipinski definition) is 1. The van der Waals surface area contributed by atoms with Gasteiger partial charge in [-0.05, 0) is 46.1 Å². The highest BCUT2D eigenvalue weighted by Crippen LogP contribution is 2.32. The van der Waals surface area contributed by atoms with Gasteiger partial charge in [0.1, 0.15) is 29.1 Å². The van der Waals surface area contributed by atoms with Crippen molar-refractivity contribution in [3.8, 4) is 34.3 Å². The van der Waals surface area contributed by atoms with E-state index in [1.165, 1.54) is 0 Å². The van der Waals surface area contributed by atoms with Gasteiger partial charge in [-0.3, -0.25) is 9.36 Å². The molecule has 2 N–H and O–H groups in total. The first-order chi connectivity index (χ1) is 27.3. The molecule has 0 aliphatic heterocycles. The summed E-state index contributed by atoms with van der Waals surface area (Å²) in [5.74, 6) is 1.30. The zero-order chi connectivity index (χ0) is 41.5. The van der Waals surface area contributed by atoms with Crippen molar-refractivity contribution in [3.63, 3.8) is 0 Å². The van der Waals surface area contributed by atoms with E-state index in [0.717, 1.165) is 59.1 Å². The molecule has 0 aliphatic rings. The van der Waals surface area contributed by atoms with E-state index >= 15 is 0 Å². The minimum Gasteiger partial charge on any atom is -0.476 e. The standard InChI is InChI=1S/C20H21ClF2N4O.C14H19N3O.C5H2Cl2F2N2.ClH/c1-13-18(14-8-4-3-5-9-14)27(2)26-20(13)28-11-7-6-10-15-16(21)17(19(22)23)25-12-24-15;1-11-13(12-7-4-3-5-8-12)17(2)16-14(11)18-10-6-9-15;6-2-3(5(8)9)10-1-11-4(2)7;/h3-5,8-9,12,19H,6-7,10-11H2,1-2H3;3-5,7-8H,6,9-10,15H2,1-2H3;1,5H;1H. The second kappa shape index (κ2) is 23.8. The van der Waals surface area contributed by atoms with Crippen LogP contribution in [0.5, 0.6) is 11.8 Å². The molecule has 0 unspecified atom stereocenters. The van der Waals surface area contributed by atoms with Crippen LogP contribution < -0.4 is 15.2 Å². The maximum Gasteiger partial charge on any atom is 0.282 e. The van der Waals surface area contributed by atoms with Gasteiger partial charge in [-0.15, -0.1) is 22.6 Å². The molecule has 0 amide bonds. The van der Waals surface area contributed by atoms with E-state index in [4.69, 9.17) is 50.0 Å². The number of rotatable bonds is 14. The summed E-state index contributed by atoms with van der Waals surface area (Å²) in [5.41, 5.74) is 11.3. The average molecular weight is 888 g/mol. The number of unbranched alkanes of at least 4 members (excludes halogenated alkanes) is 1. The number of alkyl halides is 4. The van der Waals surface area contributed by atoms with Gasteiger partial charge in [0.05, 0.1) is 35.3 Å². The molecule has 312 valence electrons. The third kappa shape index (κ3) is 13.0. The topological polar surface area (TPSA) is 132 Å². The Labute approximate surface area is 355 Å². The summed E-state index contributed by atoms with van der Waals surface area (Å²) in [5, 5.41) is 8.38. The molecule has 4 heterocycles. The van der Waals surface area contributed by atoms with Gasteiger partial charge in [0, 0.05) is 36.3 Å². The number of aromatic nitrogens is 8. The van der Waals surface area contributed by atoms with Crippen molar-refractivity contribution in [1.82, 2.24) is 39.5 Å². The van der Waals surface area contributed by atoms with Gasteiger partial charge in [-0.25, -0.2) is 37.5 Å². The Balaban J connectivity index is 0.000000256. The van der Waals surface area contributed by atoms with Crippen molar-refractivity contribution in [2.24, 2.45) is 19.8 Å². The van der Waals surface area contributed by atoms with Gasteiger partial charge in [-0.1, -0.05) is 95.5 Å². The average Bonchev–Trinajstić information content (AvgIpc) is 3.65. The fourth-order valence-corrected chi connectivity index (χ4v) is 6.16. The predicted molar refractivity (Wildman–Crippen MR) is 221 cm³/mol. The van der Waals surface area contributed by atoms with E-state index in [1.807, 2.05) is 85.8 Å². The highest BCUT2D eigenvalue weighted by molar-refractivity contribution is 6.41. The van der Waals surface area contributed by atoms with Crippen LogP contribution in [0.3, 0.4) is 0 Å². The summed E-state index contributed by atoms with van der Waals surface area (Å²) >= 11 is 16.7. The second-order valence-corrected chi connectivity index (χ2v) is 13.4. The van der Waals surface area contributed by atoms with Crippen molar-refractivity contribution in [1.29, 1.82) is 0 Å². The van der Waals surface area contributed by atoms with Gasteiger partial charge in [0.2, 0.25) is 11.8 Å². The van der Waals surface area contributed by atoms with Crippen LogP contribution >= 0.6 is 47.2 Å². The number of halogens is 8. The molecule has 11 nitrogen and oxygen atoms in total. The van der Waals surface area contributed by atoms with E-state index in [1.54, 1.807) is 0 Å². The van der Waals surface area contributed by atoms with Crippen LogP contribution in [0.25, 0.3) is 22.5 Å². The summed E-state index contributed by atoms with van der Waals surface area (Å²) in [6.07, 6.45) is -0.598. The fourth-order valence-electron chi connectivity index (χ4n) is 5.56. The lowest BCUT2D eigenvalue weighted by molar-refractivity contribution is 0.145. The molecule has 0 bridgehead atoms. The van der Waals surface area contributed by atoms with E-state index in [-0.39, 0.29) is 27.6 Å². The monoisotopic (exact) mass is 885 g/mol. The summed E-state index contributed by atoms with van der Waals surface area (Å²) in [6.45, 7) is 5.74. The minimum atomic E-state index is -2.72. The van der Waals surface area contributed by atoms with Crippen LogP contribution in [0.2, 0.25) is 15.2 Å². The summed E-state index contributed by atoms with van der Waals surface area (Å²) in [7, 11) is 3.82. The summed E-state index contributed by atoms with van der Waals surface area (Å²) in [4.78, 5) is 14.2. The molecule has 0 aliphatic carbocycles. The van der Waals surface area contributed by atoms with Gasteiger partial charge < -0.3 is 15.2 Å². The molecule has 0 spiro atoms. The fraction of sp³-hybridized carbons (Fsp3) is 0.333. The Morgan fingerprint density at radius 3 is 1.53 bits per heavy atom. The lowest BCUT2D eigenvalue weighted by atomic mass is 10.1. The number of benzene rings is 2. The van der Waals surface area contributed by atoms with E-state index in [0.29, 0.717) is 50.1 Å². The Hall–Kier alpha value is -4.54. The third-order valence-corrected chi connectivity index (χ3v) is 9.45. The normalized spacial score (nSPS) is 10.7. The van der Waals surface area contributed by atoms with Crippen molar-refractivity contribution in [2.45, 2.75) is 52.4 Å². The van der Waals surface area contributed by atoms with Crippen LogP contribution in [0.1, 0.15) is 60.3 Å². The lowest BCUT2D eigenvalue weighted by Crippen LogP contribution is -2.06. The molecule has 0 radical (unpaired) electrons. The molecule has 4 aromatic heterocycles. The molecule has 2 aromatic carbocycles. The first kappa shape index (κ1) is 47.8. The molecule has 6 rings (SSSR count). The predicted octanol–water partition coefficient (Wildman–Crippen LogP) is 10.4. The third-order valence-electron chi connectivity index (χ3n) is 8.29. The molecular weight excluding hydrogens is 844 g/mol. The van der Waals surface area contributed by atoms with Gasteiger partial charge in [0.15, 0.2) is 5.15 Å². The lowest BCUT2D eigenvalue weighted by Gasteiger charge is -2.07. The molecule has 58 heavy (non-hydrogen) atoms. The van der Waals surface area contributed by atoms with Crippen molar-refractivity contribution in [2.75, 3.05) is 19.8 Å². The largest absolute Gasteiger partial charge is 0.476 e. The Morgan fingerprint density at radius 2 is 1.09 bits per heavy atom. The van der Waals surface area contributed by atoms with Gasteiger partial charge >= 0.3 is 0 Å². The molecular formula is C39H43Cl4F4N9O2. The Bertz CT molecular complexity index is 2160. The Morgan fingerprint density at radius 1 is 0.638 bits per heavy atom. The van der Waals surface area contributed by atoms with Crippen molar-refractivity contribution >= 4 is 47.2 Å². The first-order valence-corrected chi connectivity index (χ1v) is 18.8. The van der Waals surface area contributed by atoms with Crippen LogP contribution in [0.15, 0.2) is 73.3 Å². The van der Waals surface area contributed by atoms with Crippen molar-refractivity contribution < 1.29 is 27.0 Å². The van der Waals surface area contributed by atoms with Gasteiger partial charge in [0.25, 0.3) is 12.9 Å². The van der Waals surface area contributed by atoms with E-state index in [2.05, 4.69) is 42.3 Å². The maximum absolute atomic E-state index is 12.8. The molecule has 0 atom stereocenters. The zero-order valence-corrected chi connectivity index (χ0v) is 35.1. The van der Waals surface area contributed by atoms with Gasteiger partial charge in [-0.2, -0.15) is 0 Å². The number of nitrogens with zero attached hydrogens (tertiary/aromatic N) is 8. The first-order valence-electron chi connectivity index (χ1n) is 17.7. The number of ether oxygens (including phenoxy) is 2. The number of nitrogens with two attached hydrogens (primary N) is 1. The van der Waals surface area contributed by atoms with Crippen LogP contribution in [0, 0.1) is 13.8 Å². The molecule has 19 heteroatoms. The zero-order valence-electron chi connectivity index (χ0n) is 32.1. The molecule has 0 saturated carbocycles. The van der Waals surface area contributed by atoms with Crippen LogP contribution in [0.4, 0.5) is 17.6 Å². The minimum absolute atomic E-state index is 0. The van der Waals surface area contributed by atoms with E-state index in [9.17, 15) is 17.6 Å². The molecule has 0 fully saturated rings. The quantitative estimate of drug-likeness (QED) is 0.0645. The number of hydrogen-bond acceptors (Lipinski definition) is 9. The van der Waals surface area contributed by atoms with Crippen LogP contribution in [-0.2, 0) is 20.5 Å². The van der Waals surface area contributed by atoms with Crippen molar-refractivity contribution in [3.05, 3.63) is 117 Å². The van der Waals surface area contributed by atoms with Crippen LogP contribution in [-0.4, -0.2) is 59.3 Å². The Kier molecular flexibility index (Phi) is 19.6. The maximum atomic E-state index is 12.8. The molecule has 6 aromatic rings. The molecule has 0 saturated heterocycles. The highest BCUT2D eigenvalue weighted by Gasteiger charge is 2.19. The SMILES string of the molecule is Cc1c(OCCCCc2ncnc(C(F)F)c2Cl)nn(C)c1-c1ccccc1.Cc1c(OCCCN)nn(C)c1-c1ccccc1.Cl.FC(F)c1ncnc(Cl)c1Cl.